The van der Waals surface area contributed by atoms with E-state index in [-0.39, 0.29) is 11.4 Å². The molecule has 23 heavy (non-hydrogen) atoms. The standard InChI is InChI=1S/C16H23F2N3O2/c1-16(2,3)23-15(22)21-6-4-5-20(7-8-21)14-12(17)9-11(19)10-13(14)18/h9-10H,4-8,19H2,1-3H3. The Morgan fingerprint density at radius 1 is 1.13 bits per heavy atom. The van der Waals surface area contributed by atoms with E-state index >= 15 is 0 Å². The van der Waals surface area contributed by atoms with Crippen LogP contribution in [0.2, 0.25) is 0 Å². The third-order valence-electron chi connectivity index (χ3n) is 3.50. The van der Waals surface area contributed by atoms with Crippen LogP contribution in [0.5, 0.6) is 0 Å². The molecule has 1 amide bonds. The summed E-state index contributed by atoms with van der Waals surface area (Å²) in [5.41, 5.74) is 4.83. The predicted octanol–water partition coefficient (Wildman–Crippen LogP) is 2.99. The Morgan fingerprint density at radius 3 is 2.30 bits per heavy atom. The van der Waals surface area contributed by atoms with Gasteiger partial charge in [0.25, 0.3) is 0 Å². The summed E-state index contributed by atoms with van der Waals surface area (Å²) < 4.78 is 33.4. The monoisotopic (exact) mass is 327 g/mol. The van der Waals surface area contributed by atoms with Gasteiger partial charge in [0.1, 0.15) is 11.3 Å². The van der Waals surface area contributed by atoms with E-state index in [2.05, 4.69) is 0 Å². The fraction of sp³-hybridized carbons (Fsp3) is 0.562. The molecule has 0 bridgehead atoms. The summed E-state index contributed by atoms with van der Waals surface area (Å²) in [7, 11) is 0. The van der Waals surface area contributed by atoms with Crippen molar-refractivity contribution in [2.45, 2.75) is 32.8 Å². The summed E-state index contributed by atoms with van der Waals surface area (Å²) in [6, 6.07) is 2.21. The van der Waals surface area contributed by atoms with Gasteiger partial charge in [-0.05, 0) is 39.3 Å². The quantitative estimate of drug-likeness (QED) is 0.806. The minimum Gasteiger partial charge on any atom is -0.444 e. The summed E-state index contributed by atoms with van der Waals surface area (Å²) >= 11 is 0. The van der Waals surface area contributed by atoms with Gasteiger partial charge in [0.15, 0.2) is 11.6 Å². The second-order valence-corrected chi connectivity index (χ2v) is 6.64. The first kappa shape index (κ1) is 17.3. The van der Waals surface area contributed by atoms with E-state index in [1.54, 1.807) is 30.6 Å². The van der Waals surface area contributed by atoms with Gasteiger partial charge in [-0.15, -0.1) is 0 Å². The molecule has 1 aliphatic rings. The molecule has 2 N–H and O–H groups in total. The van der Waals surface area contributed by atoms with Gasteiger partial charge in [-0.3, -0.25) is 0 Å². The number of ether oxygens (including phenoxy) is 1. The zero-order valence-corrected chi connectivity index (χ0v) is 13.7. The molecule has 0 aromatic heterocycles. The number of rotatable bonds is 1. The summed E-state index contributed by atoms with van der Waals surface area (Å²) in [4.78, 5) is 15.3. The van der Waals surface area contributed by atoms with Crippen LogP contribution >= 0.6 is 0 Å². The number of anilines is 2. The van der Waals surface area contributed by atoms with Crippen LogP contribution in [0.15, 0.2) is 12.1 Å². The van der Waals surface area contributed by atoms with Crippen molar-refractivity contribution in [1.82, 2.24) is 4.90 Å². The molecule has 1 aliphatic heterocycles. The summed E-state index contributed by atoms with van der Waals surface area (Å²) in [5, 5.41) is 0. The van der Waals surface area contributed by atoms with Crippen LogP contribution < -0.4 is 10.6 Å². The van der Waals surface area contributed by atoms with Crippen LogP contribution in [0.25, 0.3) is 0 Å². The Hall–Kier alpha value is -2.05. The Bertz CT molecular complexity index is 564. The maximum atomic E-state index is 14.0. The number of benzene rings is 1. The average Bonchev–Trinajstić information content (AvgIpc) is 2.61. The number of amides is 1. The minimum atomic E-state index is -0.687. The number of carbonyl (C=O) groups is 1. The highest BCUT2D eigenvalue weighted by atomic mass is 19.1. The van der Waals surface area contributed by atoms with Crippen LogP contribution in [0.1, 0.15) is 27.2 Å². The summed E-state index contributed by atoms with van der Waals surface area (Å²) in [6.07, 6.45) is 0.195. The molecule has 0 aliphatic carbocycles. The first-order valence-electron chi connectivity index (χ1n) is 7.65. The second-order valence-electron chi connectivity index (χ2n) is 6.64. The molecule has 1 fully saturated rings. The van der Waals surface area contributed by atoms with Crippen molar-refractivity contribution in [2.75, 3.05) is 36.8 Å². The van der Waals surface area contributed by atoms with Crippen molar-refractivity contribution in [2.24, 2.45) is 0 Å². The Balaban J connectivity index is 2.09. The summed E-state index contributed by atoms with van der Waals surface area (Å²) in [6.45, 7) is 7.02. The topological polar surface area (TPSA) is 58.8 Å². The van der Waals surface area contributed by atoms with Gasteiger partial charge in [0, 0.05) is 31.9 Å². The first-order valence-corrected chi connectivity index (χ1v) is 7.65. The largest absolute Gasteiger partial charge is 0.444 e. The number of hydrogen-bond donors (Lipinski definition) is 1. The van der Waals surface area contributed by atoms with E-state index in [0.717, 1.165) is 12.1 Å². The lowest BCUT2D eigenvalue weighted by molar-refractivity contribution is 0.0263. The van der Waals surface area contributed by atoms with Gasteiger partial charge in [-0.25, -0.2) is 13.6 Å². The molecular weight excluding hydrogens is 304 g/mol. The Kier molecular flexibility index (Phi) is 4.97. The molecule has 2 rings (SSSR count). The molecule has 0 spiro atoms. The normalized spacial score (nSPS) is 16.2. The van der Waals surface area contributed by atoms with E-state index in [9.17, 15) is 13.6 Å². The highest BCUT2D eigenvalue weighted by Crippen LogP contribution is 2.27. The number of hydrogen-bond acceptors (Lipinski definition) is 4. The molecule has 5 nitrogen and oxygen atoms in total. The van der Waals surface area contributed by atoms with Crippen LogP contribution in [0, 0.1) is 11.6 Å². The molecule has 0 saturated carbocycles. The van der Waals surface area contributed by atoms with Gasteiger partial charge in [0.05, 0.1) is 0 Å². The molecule has 0 radical (unpaired) electrons. The van der Waals surface area contributed by atoms with Gasteiger partial charge in [0.2, 0.25) is 0 Å². The zero-order chi connectivity index (χ0) is 17.2. The van der Waals surface area contributed by atoms with Gasteiger partial charge < -0.3 is 20.3 Å². The minimum absolute atomic E-state index is 0.0500. The fourth-order valence-corrected chi connectivity index (χ4v) is 2.54. The SMILES string of the molecule is CC(C)(C)OC(=O)N1CCCN(c2c(F)cc(N)cc2F)CC1. The molecule has 128 valence electrons. The Labute approximate surface area is 135 Å². The Morgan fingerprint density at radius 2 is 1.74 bits per heavy atom. The average molecular weight is 327 g/mol. The molecular formula is C16H23F2N3O2. The van der Waals surface area contributed by atoms with Gasteiger partial charge >= 0.3 is 6.09 Å². The lowest BCUT2D eigenvalue weighted by atomic mass is 10.2. The van der Waals surface area contributed by atoms with Crippen molar-refractivity contribution in [1.29, 1.82) is 0 Å². The molecule has 1 aromatic rings. The first-order chi connectivity index (χ1) is 10.7. The lowest BCUT2D eigenvalue weighted by Gasteiger charge is -2.27. The zero-order valence-electron chi connectivity index (χ0n) is 13.7. The van der Waals surface area contributed by atoms with Crippen molar-refractivity contribution in [3.63, 3.8) is 0 Å². The molecule has 7 heteroatoms. The highest BCUT2D eigenvalue weighted by molar-refractivity contribution is 5.68. The highest BCUT2D eigenvalue weighted by Gasteiger charge is 2.26. The second kappa shape index (κ2) is 6.60. The molecule has 1 heterocycles. The molecule has 1 saturated heterocycles. The van der Waals surface area contributed by atoms with Gasteiger partial charge in [-0.2, -0.15) is 0 Å². The fourth-order valence-electron chi connectivity index (χ4n) is 2.54. The van der Waals surface area contributed by atoms with E-state index in [1.165, 1.54) is 0 Å². The number of nitrogen functional groups attached to an aromatic ring is 1. The third kappa shape index (κ3) is 4.46. The smallest absolute Gasteiger partial charge is 0.410 e. The van der Waals surface area contributed by atoms with E-state index in [1.807, 2.05) is 0 Å². The molecule has 0 unspecified atom stereocenters. The van der Waals surface area contributed by atoms with Crippen LogP contribution in [0.4, 0.5) is 25.0 Å². The summed E-state index contributed by atoms with van der Waals surface area (Å²) in [5.74, 6) is -1.37. The number of nitrogens with zero attached hydrogens (tertiary/aromatic N) is 2. The van der Waals surface area contributed by atoms with E-state index in [4.69, 9.17) is 10.5 Å². The van der Waals surface area contributed by atoms with Crippen LogP contribution in [0.3, 0.4) is 0 Å². The predicted molar refractivity (Wildman–Crippen MR) is 85.4 cm³/mol. The van der Waals surface area contributed by atoms with Crippen molar-refractivity contribution in [3.05, 3.63) is 23.8 Å². The number of halogens is 2. The van der Waals surface area contributed by atoms with Crippen LogP contribution in [-0.4, -0.2) is 42.8 Å². The van der Waals surface area contributed by atoms with Crippen molar-refractivity contribution in [3.8, 4) is 0 Å². The number of carbonyl (C=O) groups excluding carboxylic acids is 1. The van der Waals surface area contributed by atoms with Gasteiger partial charge in [-0.1, -0.05) is 0 Å². The maximum Gasteiger partial charge on any atom is 0.410 e. The molecule has 0 atom stereocenters. The molecule has 1 aromatic carbocycles. The van der Waals surface area contributed by atoms with E-state index < -0.39 is 23.3 Å². The van der Waals surface area contributed by atoms with Crippen molar-refractivity contribution >= 4 is 17.5 Å². The van der Waals surface area contributed by atoms with Crippen LogP contribution in [-0.2, 0) is 4.74 Å². The number of nitrogens with two attached hydrogens (primary N) is 1. The van der Waals surface area contributed by atoms with Crippen molar-refractivity contribution < 1.29 is 18.3 Å². The lowest BCUT2D eigenvalue weighted by Crippen LogP contribution is -2.39. The van der Waals surface area contributed by atoms with E-state index in [0.29, 0.717) is 32.6 Å². The third-order valence-corrected chi connectivity index (χ3v) is 3.50. The maximum absolute atomic E-state index is 14.0.